The highest BCUT2D eigenvalue weighted by Gasteiger charge is 2.17. The van der Waals surface area contributed by atoms with Crippen LogP contribution in [0.2, 0.25) is 0 Å². The van der Waals surface area contributed by atoms with Crippen LogP contribution in [0.25, 0.3) is 0 Å². The summed E-state index contributed by atoms with van der Waals surface area (Å²) in [6.45, 7) is 1.93. The lowest BCUT2D eigenvalue weighted by atomic mass is 9.94. The maximum Gasteiger partial charge on any atom is 0.224 e. The summed E-state index contributed by atoms with van der Waals surface area (Å²) >= 11 is 3.18. The number of benzene rings is 1. The van der Waals surface area contributed by atoms with Crippen molar-refractivity contribution < 1.29 is 9.18 Å². The lowest BCUT2D eigenvalue weighted by Gasteiger charge is -2.21. The minimum atomic E-state index is -0.414. The van der Waals surface area contributed by atoms with Gasteiger partial charge in [-0.15, -0.1) is 12.4 Å². The molecule has 1 heterocycles. The van der Waals surface area contributed by atoms with Crippen molar-refractivity contribution in [1.82, 2.24) is 5.32 Å². The molecule has 0 radical (unpaired) electrons. The van der Waals surface area contributed by atoms with Crippen molar-refractivity contribution in [2.45, 2.75) is 19.3 Å². The fraction of sp³-hybridized carbons (Fsp3) is 0.462. The zero-order valence-corrected chi connectivity index (χ0v) is 12.8. The fourth-order valence-electron chi connectivity index (χ4n) is 2.14. The smallest absolute Gasteiger partial charge is 0.224 e. The first-order valence-electron chi connectivity index (χ1n) is 6.11. The molecule has 2 N–H and O–H groups in total. The maximum atomic E-state index is 13.5. The molecular weight excluding hydrogens is 335 g/mol. The molecular formula is C13H17BrClFN2O. The minimum absolute atomic E-state index is 0. The number of halogens is 3. The molecule has 0 bridgehead atoms. The van der Waals surface area contributed by atoms with Gasteiger partial charge < -0.3 is 10.6 Å². The third-order valence-corrected chi connectivity index (χ3v) is 3.63. The van der Waals surface area contributed by atoms with Crippen LogP contribution < -0.4 is 10.6 Å². The number of carbonyl (C=O) groups is 1. The first kappa shape index (κ1) is 16.4. The Bertz CT molecular complexity index is 439. The number of amides is 1. The van der Waals surface area contributed by atoms with E-state index in [1.165, 1.54) is 6.07 Å². The van der Waals surface area contributed by atoms with Crippen LogP contribution in [0.5, 0.6) is 0 Å². The Morgan fingerprint density at radius 3 is 2.74 bits per heavy atom. The third kappa shape index (κ3) is 5.09. The van der Waals surface area contributed by atoms with E-state index < -0.39 is 5.82 Å². The number of rotatable bonds is 3. The molecule has 19 heavy (non-hydrogen) atoms. The van der Waals surface area contributed by atoms with Gasteiger partial charge in [-0.05, 0) is 50.0 Å². The molecule has 0 unspecified atom stereocenters. The summed E-state index contributed by atoms with van der Waals surface area (Å²) < 4.78 is 14.2. The second-order valence-corrected chi connectivity index (χ2v) is 5.49. The first-order valence-corrected chi connectivity index (χ1v) is 6.90. The van der Waals surface area contributed by atoms with Crippen LogP contribution in [0.15, 0.2) is 22.7 Å². The van der Waals surface area contributed by atoms with Crippen LogP contribution in [0.3, 0.4) is 0 Å². The molecule has 0 saturated carbocycles. The Hall–Kier alpha value is -0.650. The van der Waals surface area contributed by atoms with Gasteiger partial charge in [-0.1, -0.05) is 15.9 Å². The lowest BCUT2D eigenvalue weighted by Crippen LogP contribution is -2.30. The molecule has 0 aliphatic carbocycles. The van der Waals surface area contributed by atoms with E-state index in [-0.39, 0.29) is 24.0 Å². The molecule has 1 fully saturated rings. The van der Waals surface area contributed by atoms with Crippen molar-refractivity contribution in [2.24, 2.45) is 5.92 Å². The lowest BCUT2D eigenvalue weighted by molar-refractivity contribution is -0.117. The number of nitrogens with one attached hydrogen (secondary N) is 2. The molecule has 0 aromatic heterocycles. The van der Waals surface area contributed by atoms with Gasteiger partial charge in [-0.25, -0.2) is 4.39 Å². The molecule has 1 aliphatic heterocycles. The summed E-state index contributed by atoms with van der Waals surface area (Å²) in [7, 11) is 0. The Morgan fingerprint density at radius 2 is 2.11 bits per heavy atom. The molecule has 1 saturated heterocycles. The summed E-state index contributed by atoms with van der Waals surface area (Å²) in [6, 6.07) is 4.63. The molecule has 0 atom stereocenters. The normalized spacial score (nSPS) is 15.7. The first-order chi connectivity index (χ1) is 8.65. The van der Waals surface area contributed by atoms with E-state index in [1.54, 1.807) is 12.1 Å². The van der Waals surface area contributed by atoms with Crippen LogP contribution in [0, 0.1) is 11.7 Å². The average molecular weight is 352 g/mol. The standard InChI is InChI=1S/C13H16BrFN2O.ClH/c14-10-1-2-12(11(15)8-10)17-13(18)7-9-3-5-16-6-4-9;/h1-2,8-9,16H,3-7H2,(H,17,18);1H. The number of hydrogen-bond donors (Lipinski definition) is 2. The summed E-state index contributed by atoms with van der Waals surface area (Å²) in [5, 5.41) is 5.89. The van der Waals surface area contributed by atoms with Gasteiger partial charge >= 0.3 is 0 Å². The predicted octanol–water partition coefficient (Wildman–Crippen LogP) is 3.34. The molecule has 1 amide bonds. The van der Waals surface area contributed by atoms with Gasteiger partial charge in [0.15, 0.2) is 0 Å². The van der Waals surface area contributed by atoms with E-state index in [9.17, 15) is 9.18 Å². The van der Waals surface area contributed by atoms with Gasteiger partial charge in [-0.2, -0.15) is 0 Å². The van der Waals surface area contributed by atoms with Crippen molar-refractivity contribution in [3.63, 3.8) is 0 Å². The van der Waals surface area contributed by atoms with Gasteiger partial charge in [0.25, 0.3) is 0 Å². The van der Waals surface area contributed by atoms with E-state index >= 15 is 0 Å². The zero-order chi connectivity index (χ0) is 13.0. The molecule has 6 heteroatoms. The Labute approximate surface area is 126 Å². The van der Waals surface area contributed by atoms with Gasteiger partial charge in [0.1, 0.15) is 5.82 Å². The van der Waals surface area contributed by atoms with E-state index in [0.717, 1.165) is 25.9 Å². The topological polar surface area (TPSA) is 41.1 Å². The largest absolute Gasteiger partial charge is 0.324 e. The van der Waals surface area contributed by atoms with E-state index in [1.807, 2.05) is 0 Å². The maximum absolute atomic E-state index is 13.5. The van der Waals surface area contributed by atoms with Gasteiger partial charge in [0, 0.05) is 10.9 Å². The van der Waals surface area contributed by atoms with Crippen molar-refractivity contribution in [3.8, 4) is 0 Å². The van der Waals surface area contributed by atoms with Crippen LogP contribution in [-0.2, 0) is 4.79 Å². The number of carbonyl (C=O) groups excluding carboxylic acids is 1. The SMILES string of the molecule is Cl.O=C(CC1CCNCC1)Nc1ccc(Br)cc1F. The molecule has 3 nitrogen and oxygen atoms in total. The Kier molecular flexibility index (Phi) is 6.75. The molecule has 2 rings (SSSR count). The summed E-state index contributed by atoms with van der Waals surface area (Å²) in [6.07, 6.45) is 2.49. The van der Waals surface area contributed by atoms with E-state index in [4.69, 9.17) is 0 Å². The highest BCUT2D eigenvalue weighted by molar-refractivity contribution is 9.10. The van der Waals surface area contributed by atoms with Gasteiger partial charge in [0.05, 0.1) is 5.69 Å². The highest BCUT2D eigenvalue weighted by Crippen LogP contribution is 2.21. The van der Waals surface area contributed by atoms with Crippen molar-refractivity contribution >= 4 is 39.9 Å². The minimum Gasteiger partial charge on any atom is -0.324 e. The molecule has 1 aromatic rings. The predicted molar refractivity (Wildman–Crippen MR) is 80.2 cm³/mol. The summed E-state index contributed by atoms with van der Waals surface area (Å²) in [5.74, 6) is -0.115. The quantitative estimate of drug-likeness (QED) is 0.877. The van der Waals surface area contributed by atoms with Gasteiger partial charge in [0.2, 0.25) is 5.91 Å². The van der Waals surface area contributed by atoms with Gasteiger partial charge in [-0.3, -0.25) is 4.79 Å². The molecule has 0 spiro atoms. The molecule has 1 aliphatic rings. The summed E-state index contributed by atoms with van der Waals surface area (Å²) in [4.78, 5) is 11.8. The van der Waals surface area contributed by atoms with Crippen molar-refractivity contribution in [1.29, 1.82) is 0 Å². The van der Waals surface area contributed by atoms with Crippen LogP contribution in [-0.4, -0.2) is 19.0 Å². The van der Waals surface area contributed by atoms with Crippen LogP contribution in [0.4, 0.5) is 10.1 Å². The van der Waals surface area contributed by atoms with E-state index in [2.05, 4.69) is 26.6 Å². The Morgan fingerprint density at radius 1 is 1.42 bits per heavy atom. The monoisotopic (exact) mass is 350 g/mol. The van der Waals surface area contributed by atoms with Crippen LogP contribution >= 0.6 is 28.3 Å². The number of anilines is 1. The Balaban J connectivity index is 0.00000180. The average Bonchev–Trinajstić information content (AvgIpc) is 2.34. The fourth-order valence-corrected chi connectivity index (χ4v) is 2.47. The second kappa shape index (κ2) is 7.82. The highest BCUT2D eigenvalue weighted by atomic mass is 79.9. The van der Waals surface area contributed by atoms with Crippen molar-refractivity contribution in [3.05, 3.63) is 28.5 Å². The summed E-state index contributed by atoms with van der Waals surface area (Å²) in [5.41, 5.74) is 0.247. The van der Waals surface area contributed by atoms with Crippen LogP contribution in [0.1, 0.15) is 19.3 Å². The van der Waals surface area contributed by atoms with Crippen molar-refractivity contribution in [2.75, 3.05) is 18.4 Å². The van der Waals surface area contributed by atoms with E-state index in [0.29, 0.717) is 16.8 Å². The molecule has 1 aromatic carbocycles. The molecule has 106 valence electrons. The number of hydrogen-bond acceptors (Lipinski definition) is 2. The zero-order valence-electron chi connectivity index (χ0n) is 10.4. The second-order valence-electron chi connectivity index (χ2n) is 4.57. The number of piperidine rings is 1. The third-order valence-electron chi connectivity index (χ3n) is 3.14.